The fourth-order valence-electron chi connectivity index (χ4n) is 1.50. The first-order chi connectivity index (χ1) is 7.36. The Morgan fingerprint density at radius 2 is 2.12 bits per heavy atom. The average Bonchev–Trinajstić information content (AvgIpc) is 2.50. The highest BCUT2D eigenvalue weighted by molar-refractivity contribution is 5.51. The van der Waals surface area contributed by atoms with Crippen LogP contribution in [0.25, 0.3) is 0 Å². The number of alkyl halides is 2. The van der Waals surface area contributed by atoms with Gasteiger partial charge in [-0.25, -0.2) is 0 Å². The van der Waals surface area contributed by atoms with Crippen LogP contribution >= 0.6 is 0 Å². The van der Waals surface area contributed by atoms with Crippen molar-refractivity contribution >= 4 is 0 Å². The molecule has 0 bridgehead atoms. The lowest BCUT2D eigenvalue weighted by molar-refractivity contribution is -0.287. The van der Waals surface area contributed by atoms with Crippen molar-refractivity contribution in [2.45, 2.75) is 18.8 Å². The molecule has 1 aliphatic heterocycles. The summed E-state index contributed by atoms with van der Waals surface area (Å²) in [5, 5.41) is 9.10. The number of fused-ring (bicyclic) bond motifs is 1. The molecule has 16 heavy (non-hydrogen) atoms. The predicted molar refractivity (Wildman–Crippen MR) is 51.3 cm³/mol. The van der Waals surface area contributed by atoms with Gasteiger partial charge in [0, 0.05) is 5.56 Å². The highest BCUT2D eigenvalue weighted by Crippen LogP contribution is 2.45. The predicted octanol–water partition coefficient (Wildman–Crippen LogP) is 1.17. The van der Waals surface area contributed by atoms with Gasteiger partial charge in [0.2, 0.25) is 0 Å². The topological polar surface area (TPSA) is 64.7 Å². The van der Waals surface area contributed by atoms with Gasteiger partial charge in [-0.2, -0.15) is 0 Å². The second kappa shape index (κ2) is 3.29. The maximum Gasteiger partial charge on any atom is 0.586 e. The number of nitrogens with two attached hydrogens (primary N) is 1. The Hall–Kier alpha value is -1.40. The fourth-order valence-corrected chi connectivity index (χ4v) is 1.50. The second-order valence-electron chi connectivity index (χ2n) is 3.88. The summed E-state index contributed by atoms with van der Waals surface area (Å²) < 4.78 is 34.4. The summed E-state index contributed by atoms with van der Waals surface area (Å²) in [6, 6.07) is 4.38. The van der Waals surface area contributed by atoms with E-state index >= 15 is 0 Å². The first-order valence-corrected chi connectivity index (χ1v) is 4.65. The van der Waals surface area contributed by atoms with Gasteiger partial charge in [0.25, 0.3) is 0 Å². The van der Waals surface area contributed by atoms with Crippen LogP contribution in [0, 0.1) is 0 Å². The van der Waals surface area contributed by atoms with Crippen LogP contribution in [0.2, 0.25) is 0 Å². The van der Waals surface area contributed by atoms with Gasteiger partial charge in [-0.15, -0.1) is 8.78 Å². The van der Waals surface area contributed by atoms with Crippen LogP contribution in [0.15, 0.2) is 18.2 Å². The van der Waals surface area contributed by atoms with Crippen molar-refractivity contribution in [1.29, 1.82) is 0 Å². The van der Waals surface area contributed by atoms with Crippen LogP contribution in [0.4, 0.5) is 8.78 Å². The molecule has 0 unspecified atom stereocenters. The zero-order chi connectivity index (χ0) is 12.0. The van der Waals surface area contributed by atoms with Crippen LogP contribution in [0.5, 0.6) is 11.5 Å². The van der Waals surface area contributed by atoms with Crippen molar-refractivity contribution in [3.63, 3.8) is 0 Å². The summed E-state index contributed by atoms with van der Waals surface area (Å²) in [7, 11) is 0. The molecule has 2 rings (SSSR count). The lowest BCUT2D eigenvalue weighted by Gasteiger charge is -2.23. The van der Waals surface area contributed by atoms with Gasteiger partial charge in [0.15, 0.2) is 11.5 Å². The molecule has 1 heterocycles. The van der Waals surface area contributed by atoms with Gasteiger partial charge in [-0.3, -0.25) is 0 Å². The van der Waals surface area contributed by atoms with Crippen molar-refractivity contribution in [1.82, 2.24) is 0 Å². The van der Waals surface area contributed by atoms with Gasteiger partial charge < -0.3 is 20.3 Å². The molecule has 0 fully saturated rings. The van der Waals surface area contributed by atoms with Crippen molar-refractivity contribution in [3.05, 3.63) is 23.8 Å². The van der Waals surface area contributed by atoms with E-state index in [4.69, 9.17) is 10.8 Å². The molecule has 1 aromatic carbocycles. The molecule has 0 radical (unpaired) electrons. The lowest BCUT2D eigenvalue weighted by atomic mass is 9.93. The first-order valence-electron chi connectivity index (χ1n) is 4.65. The van der Waals surface area contributed by atoms with Crippen LogP contribution < -0.4 is 15.2 Å². The molecular formula is C10H11F2NO3. The van der Waals surface area contributed by atoms with Crippen molar-refractivity contribution in [3.8, 4) is 11.5 Å². The Bertz CT molecular complexity index is 421. The number of benzene rings is 1. The van der Waals surface area contributed by atoms with Crippen molar-refractivity contribution in [2.75, 3.05) is 6.61 Å². The Morgan fingerprint density at radius 1 is 1.44 bits per heavy atom. The quantitative estimate of drug-likeness (QED) is 0.802. The molecule has 88 valence electrons. The summed E-state index contributed by atoms with van der Waals surface area (Å²) in [5.41, 5.74) is 4.89. The average molecular weight is 231 g/mol. The monoisotopic (exact) mass is 231 g/mol. The molecule has 4 nitrogen and oxygen atoms in total. The third kappa shape index (κ3) is 1.70. The van der Waals surface area contributed by atoms with E-state index in [0.717, 1.165) is 0 Å². The van der Waals surface area contributed by atoms with Crippen molar-refractivity contribution in [2.24, 2.45) is 5.73 Å². The molecule has 0 aliphatic carbocycles. The standard InChI is InChI=1S/C10H11F2NO3/c1-9(13,5-14)6-3-2-4-7-8(6)16-10(11,12)15-7/h2-4,14H,5,13H2,1H3/t9-/m0/s1. The smallest absolute Gasteiger partial charge is 0.395 e. The van der Waals surface area contributed by atoms with E-state index in [2.05, 4.69) is 9.47 Å². The van der Waals surface area contributed by atoms with Gasteiger partial charge >= 0.3 is 6.29 Å². The number of hydrogen-bond acceptors (Lipinski definition) is 4. The number of aliphatic hydroxyl groups is 1. The van der Waals surface area contributed by atoms with E-state index in [0.29, 0.717) is 0 Å². The van der Waals surface area contributed by atoms with Gasteiger partial charge in [0.05, 0.1) is 12.1 Å². The third-order valence-electron chi connectivity index (χ3n) is 2.37. The Labute approximate surface area is 90.6 Å². The molecule has 6 heteroatoms. The summed E-state index contributed by atoms with van der Waals surface area (Å²) in [6.45, 7) is 1.13. The van der Waals surface area contributed by atoms with Crippen LogP contribution in [-0.2, 0) is 5.54 Å². The molecule has 0 saturated carbocycles. The minimum Gasteiger partial charge on any atom is -0.395 e. The number of halogens is 2. The highest BCUT2D eigenvalue weighted by atomic mass is 19.3. The molecule has 0 amide bonds. The summed E-state index contributed by atoms with van der Waals surface area (Å²) in [4.78, 5) is 0. The molecular weight excluding hydrogens is 220 g/mol. The molecule has 0 saturated heterocycles. The maximum atomic E-state index is 12.9. The highest BCUT2D eigenvalue weighted by Gasteiger charge is 2.46. The van der Waals surface area contributed by atoms with Gasteiger partial charge in [-0.05, 0) is 13.0 Å². The molecule has 0 aromatic heterocycles. The maximum absolute atomic E-state index is 12.9. The third-order valence-corrected chi connectivity index (χ3v) is 2.37. The Kier molecular flexibility index (Phi) is 2.28. The lowest BCUT2D eigenvalue weighted by Crippen LogP contribution is -2.37. The minimum atomic E-state index is -3.68. The van der Waals surface area contributed by atoms with E-state index in [1.807, 2.05) is 0 Å². The minimum absolute atomic E-state index is 0.0763. The van der Waals surface area contributed by atoms with E-state index in [-0.39, 0.29) is 17.1 Å². The van der Waals surface area contributed by atoms with Crippen LogP contribution in [-0.4, -0.2) is 18.0 Å². The number of aliphatic hydroxyl groups excluding tert-OH is 1. The number of rotatable bonds is 2. The van der Waals surface area contributed by atoms with E-state index in [1.54, 1.807) is 0 Å². The summed E-state index contributed by atoms with van der Waals surface area (Å²) in [6.07, 6.45) is -3.68. The number of ether oxygens (including phenoxy) is 2. The Morgan fingerprint density at radius 3 is 2.75 bits per heavy atom. The van der Waals surface area contributed by atoms with E-state index < -0.39 is 18.4 Å². The zero-order valence-electron chi connectivity index (χ0n) is 8.54. The largest absolute Gasteiger partial charge is 0.586 e. The number of para-hydroxylation sites is 1. The zero-order valence-corrected chi connectivity index (χ0v) is 8.54. The normalized spacial score (nSPS) is 20.6. The molecule has 0 spiro atoms. The van der Waals surface area contributed by atoms with Crippen LogP contribution in [0.3, 0.4) is 0 Å². The first kappa shape index (κ1) is 11.1. The molecule has 1 aliphatic rings. The summed E-state index contributed by atoms with van der Waals surface area (Å²) in [5.74, 6) is -0.195. The Balaban J connectivity index is 2.49. The molecule has 1 atom stereocenters. The molecule has 1 aromatic rings. The van der Waals surface area contributed by atoms with Crippen LogP contribution in [0.1, 0.15) is 12.5 Å². The fraction of sp³-hybridized carbons (Fsp3) is 0.400. The SMILES string of the molecule is C[C@](N)(CO)c1cccc2c1OC(F)(F)O2. The second-order valence-corrected chi connectivity index (χ2v) is 3.88. The van der Waals surface area contributed by atoms with Gasteiger partial charge in [-0.1, -0.05) is 12.1 Å². The van der Waals surface area contributed by atoms with Crippen molar-refractivity contribution < 1.29 is 23.4 Å². The molecule has 3 N–H and O–H groups in total. The summed E-state index contributed by atoms with van der Waals surface area (Å²) >= 11 is 0. The number of hydrogen-bond donors (Lipinski definition) is 2. The van der Waals surface area contributed by atoms with E-state index in [9.17, 15) is 8.78 Å². The van der Waals surface area contributed by atoms with E-state index in [1.165, 1.54) is 25.1 Å². The van der Waals surface area contributed by atoms with Gasteiger partial charge in [0.1, 0.15) is 0 Å².